The number of halogens is 6. The summed E-state index contributed by atoms with van der Waals surface area (Å²) in [6.07, 6.45) is -10.9. The molecule has 2 N–H and O–H groups in total. The number of hydrogen-bond donors (Lipinski definition) is 2. The highest BCUT2D eigenvalue weighted by atomic mass is 19.4. The van der Waals surface area contributed by atoms with Crippen molar-refractivity contribution < 1.29 is 46.1 Å². The number of nitrogens with zero attached hydrogens (tertiary/aromatic N) is 1. The van der Waals surface area contributed by atoms with Crippen LogP contribution in [0.5, 0.6) is 0 Å². The van der Waals surface area contributed by atoms with E-state index in [1.54, 1.807) is 0 Å². The first kappa shape index (κ1) is 19.2. The van der Waals surface area contributed by atoms with E-state index in [9.17, 15) is 46.1 Å². The lowest BCUT2D eigenvalue weighted by atomic mass is 10.2. The quantitative estimate of drug-likeness (QED) is 0.492. The Labute approximate surface area is 129 Å². The number of rotatable bonds is 4. The largest absolute Gasteiger partial charge is 0.506 e. The summed E-state index contributed by atoms with van der Waals surface area (Å²) in [5.41, 5.74) is -1.27. The van der Waals surface area contributed by atoms with Crippen molar-refractivity contribution in [2.75, 3.05) is 0 Å². The molecule has 1 rings (SSSR count). The maximum Gasteiger partial charge on any atom is 0.454 e. The molecule has 0 aliphatic heterocycles. The fraction of sp³-hybridized carbons (Fsp3) is 0.154. The van der Waals surface area contributed by atoms with Crippen molar-refractivity contribution >= 4 is 23.1 Å². The molecule has 0 unspecified atom stereocenters. The summed E-state index contributed by atoms with van der Waals surface area (Å²) in [4.78, 5) is 24.8. The van der Waals surface area contributed by atoms with Crippen LogP contribution in [0, 0.1) is 0 Å². The minimum Gasteiger partial charge on any atom is -0.506 e. The SMILES string of the molecule is O=C(C=C(O)c1cccc(C(O)=CC(=O)C(F)(F)F)n1)C(F)(F)F. The fourth-order valence-electron chi connectivity index (χ4n) is 1.28. The van der Waals surface area contributed by atoms with E-state index in [0.717, 1.165) is 18.2 Å². The molecular weight excluding hydrogens is 348 g/mol. The lowest BCUT2D eigenvalue weighted by molar-refractivity contribution is -0.165. The first-order valence-corrected chi connectivity index (χ1v) is 5.84. The summed E-state index contributed by atoms with van der Waals surface area (Å²) in [5.74, 6) is -7.23. The lowest BCUT2D eigenvalue weighted by Crippen LogP contribution is -2.20. The summed E-state index contributed by atoms with van der Waals surface area (Å²) in [6.45, 7) is 0. The zero-order chi connectivity index (χ0) is 18.7. The molecule has 0 amide bonds. The van der Waals surface area contributed by atoms with Crippen LogP contribution in [0.2, 0.25) is 0 Å². The van der Waals surface area contributed by atoms with Gasteiger partial charge < -0.3 is 10.2 Å². The molecule has 0 atom stereocenters. The van der Waals surface area contributed by atoms with Crippen LogP contribution < -0.4 is 0 Å². The van der Waals surface area contributed by atoms with Crippen LogP contribution in [0.3, 0.4) is 0 Å². The number of hydrogen-bond acceptors (Lipinski definition) is 5. The van der Waals surface area contributed by atoms with Crippen molar-refractivity contribution in [1.29, 1.82) is 0 Å². The highest BCUT2D eigenvalue weighted by Crippen LogP contribution is 2.21. The second kappa shape index (κ2) is 6.72. The van der Waals surface area contributed by atoms with Crippen LogP contribution in [-0.4, -0.2) is 39.1 Å². The van der Waals surface area contributed by atoms with Crippen molar-refractivity contribution in [2.24, 2.45) is 0 Å². The molecule has 0 radical (unpaired) electrons. The molecule has 0 bridgehead atoms. The highest BCUT2D eigenvalue weighted by molar-refractivity contribution is 5.99. The third-order valence-electron chi connectivity index (χ3n) is 2.37. The molecule has 1 aromatic heterocycles. The Bertz CT molecular complexity index is 661. The maximum atomic E-state index is 12.1. The smallest absolute Gasteiger partial charge is 0.454 e. The van der Waals surface area contributed by atoms with E-state index in [0.29, 0.717) is 0 Å². The summed E-state index contributed by atoms with van der Waals surface area (Å²) >= 11 is 0. The molecule has 0 spiro atoms. The van der Waals surface area contributed by atoms with Gasteiger partial charge in [0, 0.05) is 12.2 Å². The first-order valence-electron chi connectivity index (χ1n) is 5.84. The van der Waals surface area contributed by atoms with Crippen LogP contribution in [0.25, 0.3) is 11.5 Å². The van der Waals surface area contributed by atoms with E-state index >= 15 is 0 Å². The normalized spacial score (nSPS) is 13.8. The minimum atomic E-state index is -5.24. The van der Waals surface area contributed by atoms with Gasteiger partial charge in [0.15, 0.2) is 0 Å². The first-order chi connectivity index (χ1) is 10.8. The standard InChI is InChI=1S/C13H7F6NO4/c14-12(15,16)10(23)4-8(21)6-2-1-3-7(20-6)9(22)5-11(24)13(17,18)19/h1-5,21-22H. The summed E-state index contributed by atoms with van der Waals surface area (Å²) in [6, 6.07) is 2.87. The zero-order valence-corrected chi connectivity index (χ0v) is 11.3. The third-order valence-corrected chi connectivity index (χ3v) is 2.37. The Morgan fingerprint density at radius 1 is 0.833 bits per heavy atom. The van der Waals surface area contributed by atoms with Gasteiger partial charge >= 0.3 is 12.4 Å². The Morgan fingerprint density at radius 2 is 1.17 bits per heavy atom. The average Bonchev–Trinajstić information content (AvgIpc) is 2.45. The molecule has 130 valence electrons. The van der Waals surface area contributed by atoms with E-state index in [4.69, 9.17) is 0 Å². The van der Waals surface area contributed by atoms with Crippen molar-refractivity contribution in [3.8, 4) is 0 Å². The molecule has 24 heavy (non-hydrogen) atoms. The molecule has 0 saturated carbocycles. The van der Waals surface area contributed by atoms with Crippen LogP contribution in [-0.2, 0) is 9.59 Å². The van der Waals surface area contributed by atoms with E-state index < -0.39 is 46.8 Å². The minimum absolute atomic E-state index is 0.187. The molecular formula is C13H7F6NO4. The van der Waals surface area contributed by atoms with Crippen molar-refractivity contribution in [1.82, 2.24) is 4.98 Å². The second-order valence-electron chi connectivity index (χ2n) is 4.19. The Hall–Kier alpha value is -2.85. The number of carbonyl (C=O) groups excluding carboxylic acids is 2. The number of aromatic nitrogens is 1. The van der Waals surface area contributed by atoms with Crippen LogP contribution in [0.1, 0.15) is 11.4 Å². The van der Waals surface area contributed by atoms with Crippen LogP contribution >= 0.6 is 0 Å². The zero-order valence-electron chi connectivity index (χ0n) is 11.3. The van der Waals surface area contributed by atoms with E-state index in [1.165, 1.54) is 0 Å². The van der Waals surface area contributed by atoms with Gasteiger partial charge in [0.1, 0.15) is 22.9 Å². The van der Waals surface area contributed by atoms with Gasteiger partial charge in [-0.05, 0) is 12.1 Å². The number of ketones is 2. The summed E-state index contributed by atoms with van der Waals surface area (Å²) in [5, 5.41) is 18.8. The maximum absolute atomic E-state index is 12.1. The molecule has 0 fully saturated rings. The van der Waals surface area contributed by atoms with Gasteiger partial charge in [-0.1, -0.05) is 6.07 Å². The van der Waals surface area contributed by atoms with Gasteiger partial charge in [0.2, 0.25) is 0 Å². The van der Waals surface area contributed by atoms with Crippen molar-refractivity contribution in [2.45, 2.75) is 12.4 Å². The number of carbonyl (C=O) groups is 2. The molecule has 11 heteroatoms. The molecule has 0 saturated heterocycles. The Morgan fingerprint density at radius 3 is 1.46 bits per heavy atom. The van der Waals surface area contributed by atoms with Crippen LogP contribution in [0.15, 0.2) is 30.4 Å². The van der Waals surface area contributed by atoms with E-state index in [1.807, 2.05) is 0 Å². The third kappa shape index (κ3) is 5.11. The van der Waals surface area contributed by atoms with Gasteiger partial charge in [-0.25, -0.2) is 4.98 Å². The van der Waals surface area contributed by atoms with Gasteiger partial charge in [0.05, 0.1) is 0 Å². The molecule has 5 nitrogen and oxygen atoms in total. The molecule has 1 heterocycles. The van der Waals surface area contributed by atoms with Crippen LogP contribution in [0.4, 0.5) is 26.3 Å². The van der Waals surface area contributed by atoms with Gasteiger partial charge in [-0.2, -0.15) is 26.3 Å². The predicted molar refractivity (Wildman–Crippen MR) is 67.6 cm³/mol. The molecule has 0 aromatic carbocycles. The highest BCUT2D eigenvalue weighted by Gasteiger charge is 2.38. The number of alkyl halides is 6. The summed E-state index contributed by atoms with van der Waals surface area (Å²) in [7, 11) is 0. The average molecular weight is 355 g/mol. The van der Waals surface area contributed by atoms with Gasteiger partial charge in [-0.15, -0.1) is 0 Å². The van der Waals surface area contributed by atoms with Gasteiger partial charge in [0.25, 0.3) is 11.6 Å². The summed E-state index contributed by atoms with van der Waals surface area (Å²) < 4.78 is 72.4. The number of aliphatic hydroxyl groups excluding tert-OH is 2. The fourth-order valence-corrected chi connectivity index (χ4v) is 1.28. The molecule has 1 aromatic rings. The number of aliphatic hydroxyl groups is 2. The topological polar surface area (TPSA) is 87.5 Å². The Balaban J connectivity index is 3.15. The Kier molecular flexibility index (Phi) is 5.38. The predicted octanol–water partition coefficient (Wildman–Crippen LogP) is 3.14. The molecule has 0 aliphatic rings. The van der Waals surface area contributed by atoms with Crippen molar-refractivity contribution in [3.63, 3.8) is 0 Å². The van der Waals surface area contributed by atoms with Crippen molar-refractivity contribution in [3.05, 3.63) is 41.7 Å². The molecule has 0 aliphatic carbocycles. The second-order valence-corrected chi connectivity index (χ2v) is 4.19. The van der Waals surface area contributed by atoms with Gasteiger partial charge in [-0.3, -0.25) is 9.59 Å². The number of allylic oxidation sites excluding steroid dienone is 2. The van der Waals surface area contributed by atoms with E-state index in [-0.39, 0.29) is 12.2 Å². The lowest BCUT2D eigenvalue weighted by Gasteiger charge is -2.05. The monoisotopic (exact) mass is 355 g/mol. The van der Waals surface area contributed by atoms with E-state index in [2.05, 4.69) is 4.98 Å². The number of pyridine rings is 1.